The fraction of sp³-hybridized carbons (Fsp3) is 0.350. The Bertz CT molecular complexity index is 952. The van der Waals surface area contributed by atoms with Gasteiger partial charge in [-0.2, -0.15) is 0 Å². The van der Waals surface area contributed by atoms with Gasteiger partial charge >= 0.3 is 0 Å². The van der Waals surface area contributed by atoms with Gasteiger partial charge in [-0.3, -0.25) is 0 Å². The minimum absolute atomic E-state index is 0. The predicted octanol–water partition coefficient (Wildman–Crippen LogP) is 3.46. The molecule has 1 unspecified atom stereocenters. The zero-order chi connectivity index (χ0) is 20.7. The molecular formula is C20H27ClIN3O3S. The average molecular weight is 552 g/mol. The highest BCUT2D eigenvalue weighted by Crippen LogP contribution is 2.22. The van der Waals surface area contributed by atoms with E-state index in [4.69, 9.17) is 11.6 Å². The summed E-state index contributed by atoms with van der Waals surface area (Å²) in [6.45, 7) is 5.02. The highest BCUT2D eigenvalue weighted by Gasteiger charge is 2.12. The maximum absolute atomic E-state index is 11.7. The second kappa shape index (κ2) is 11.7. The van der Waals surface area contributed by atoms with Crippen LogP contribution in [0.5, 0.6) is 0 Å². The fourth-order valence-electron chi connectivity index (χ4n) is 2.79. The standard InChI is InChI=1S/C20H26ClN3O3S.HI/c1-4-22-20(24-13-18(25)16-7-5-6-8-17(16)21)23-12-15-9-10-19(14(2)11-15)28(3,26)27;/h5-11,18,25H,4,12-13H2,1-3H3,(H2,22,23,24);1H. The largest absolute Gasteiger partial charge is 0.387 e. The predicted molar refractivity (Wildman–Crippen MR) is 129 cm³/mol. The molecule has 9 heteroatoms. The molecule has 3 N–H and O–H groups in total. The van der Waals surface area contributed by atoms with E-state index in [0.717, 1.165) is 5.56 Å². The molecule has 1 atom stereocenters. The van der Waals surface area contributed by atoms with Crippen molar-refractivity contribution in [2.75, 3.05) is 19.3 Å². The molecule has 0 saturated carbocycles. The molecule has 6 nitrogen and oxygen atoms in total. The average Bonchev–Trinajstić information content (AvgIpc) is 2.63. The summed E-state index contributed by atoms with van der Waals surface area (Å²) in [6, 6.07) is 12.3. The summed E-state index contributed by atoms with van der Waals surface area (Å²) in [5.41, 5.74) is 2.25. The van der Waals surface area contributed by atoms with Gasteiger partial charge in [0.1, 0.15) is 0 Å². The number of nitrogens with one attached hydrogen (secondary N) is 2. The Labute approximate surface area is 194 Å². The van der Waals surface area contributed by atoms with Gasteiger partial charge in [0.2, 0.25) is 0 Å². The smallest absolute Gasteiger partial charge is 0.191 e. The van der Waals surface area contributed by atoms with E-state index in [2.05, 4.69) is 15.6 Å². The van der Waals surface area contributed by atoms with E-state index in [1.165, 1.54) is 6.26 Å². The van der Waals surface area contributed by atoms with Crippen molar-refractivity contribution in [3.63, 3.8) is 0 Å². The summed E-state index contributed by atoms with van der Waals surface area (Å²) in [5.74, 6) is 0.554. The molecule has 0 heterocycles. The van der Waals surface area contributed by atoms with Crippen molar-refractivity contribution >= 4 is 51.4 Å². The third-order valence-electron chi connectivity index (χ3n) is 4.13. The minimum atomic E-state index is -3.24. The number of hydrogen-bond acceptors (Lipinski definition) is 4. The Morgan fingerprint density at radius 2 is 1.90 bits per heavy atom. The number of guanidine groups is 1. The molecule has 160 valence electrons. The van der Waals surface area contributed by atoms with Crippen LogP contribution < -0.4 is 10.6 Å². The Hall–Kier alpha value is -1.36. The molecule has 0 radical (unpaired) electrons. The molecule has 29 heavy (non-hydrogen) atoms. The normalized spacial score (nSPS) is 12.8. The lowest BCUT2D eigenvalue weighted by atomic mass is 10.1. The molecule has 0 amide bonds. The number of halogens is 2. The maximum atomic E-state index is 11.7. The lowest BCUT2D eigenvalue weighted by Crippen LogP contribution is -2.39. The van der Waals surface area contributed by atoms with Gasteiger partial charge < -0.3 is 15.7 Å². The van der Waals surface area contributed by atoms with Gasteiger partial charge in [-0.05, 0) is 37.1 Å². The summed E-state index contributed by atoms with van der Waals surface area (Å²) >= 11 is 6.12. The number of aliphatic hydroxyl groups excluding tert-OH is 1. The second-order valence-corrected chi connectivity index (χ2v) is 8.88. The van der Waals surface area contributed by atoms with Crippen LogP contribution >= 0.6 is 35.6 Å². The van der Waals surface area contributed by atoms with Crippen LogP contribution in [0.3, 0.4) is 0 Å². The highest BCUT2D eigenvalue weighted by molar-refractivity contribution is 14.0. The van der Waals surface area contributed by atoms with Crippen LogP contribution in [0.2, 0.25) is 5.02 Å². The number of nitrogens with zero attached hydrogens (tertiary/aromatic N) is 1. The molecule has 0 aliphatic heterocycles. The van der Waals surface area contributed by atoms with Crippen molar-refractivity contribution in [2.45, 2.75) is 31.4 Å². The SMILES string of the molecule is CCNC(=NCc1ccc(S(C)(=O)=O)c(C)c1)NCC(O)c1ccccc1Cl.I. The molecule has 2 rings (SSSR count). The zero-order valence-electron chi connectivity index (χ0n) is 16.6. The van der Waals surface area contributed by atoms with E-state index >= 15 is 0 Å². The molecule has 0 fully saturated rings. The summed E-state index contributed by atoms with van der Waals surface area (Å²) in [6.07, 6.45) is 0.429. The second-order valence-electron chi connectivity index (χ2n) is 6.49. The Morgan fingerprint density at radius 3 is 2.48 bits per heavy atom. The van der Waals surface area contributed by atoms with E-state index in [1.807, 2.05) is 25.1 Å². The fourth-order valence-corrected chi connectivity index (χ4v) is 4.01. The van der Waals surface area contributed by atoms with Crippen LogP contribution in [0, 0.1) is 6.92 Å². The third-order valence-corrected chi connectivity index (χ3v) is 5.73. The highest BCUT2D eigenvalue weighted by atomic mass is 127. The number of aliphatic imine (C=N–C) groups is 1. The molecule has 2 aromatic rings. The molecule has 0 aliphatic carbocycles. The molecule has 0 aromatic heterocycles. The first-order valence-electron chi connectivity index (χ1n) is 8.96. The van der Waals surface area contributed by atoms with Gasteiger partial charge in [-0.25, -0.2) is 13.4 Å². The van der Waals surface area contributed by atoms with Gasteiger partial charge in [0, 0.05) is 29.9 Å². The number of rotatable bonds is 7. The van der Waals surface area contributed by atoms with E-state index in [1.54, 1.807) is 31.2 Å². The van der Waals surface area contributed by atoms with Crippen molar-refractivity contribution in [3.05, 3.63) is 64.2 Å². The first-order valence-corrected chi connectivity index (χ1v) is 11.2. The molecular weight excluding hydrogens is 525 g/mol. The van der Waals surface area contributed by atoms with Gasteiger partial charge in [0.15, 0.2) is 15.8 Å². The van der Waals surface area contributed by atoms with E-state index < -0.39 is 15.9 Å². The molecule has 2 aromatic carbocycles. The van der Waals surface area contributed by atoms with Gasteiger partial charge in [0.05, 0.1) is 17.5 Å². The zero-order valence-corrected chi connectivity index (χ0v) is 20.5. The monoisotopic (exact) mass is 551 g/mol. The van der Waals surface area contributed by atoms with Crippen molar-refractivity contribution < 1.29 is 13.5 Å². The summed E-state index contributed by atoms with van der Waals surface area (Å²) in [4.78, 5) is 4.83. The first kappa shape index (κ1) is 25.7. The van der Waals surface area contributed by atoms with Crippen LogP contribution in [-0.4, -0.2) is 38.8 Å². The summed E-state index contributed by atoms with van der Waals surface area (Å²) in [7, 11) is -3.24. The van der Waals surface area contributed by atoms with Crippen molar-refractivity contribution in [3.8, 4) is 0 Å². The van der Waals surface area contributed by atoms with Crippen LogP contribution in [0.25, 0.3) is 0 Å². The maximum Gasteiger partial charge on any atom is 0.191 e. The molecule has 0 saturated heterocycles. The number of aryl methyl sites for hydroxylation is 1. The third kappa shape index (κ3) is 7.76. The van der Waals surface area contributed by atoms with E-state index in [9.17, 15) is 13.5 Å². The van der Waals surface area contributed by atoms with Gasteiger partial charge in [-0.1, -0.05) is 41.9 Å². The Balaban J connectivity index is 0.00000420. The topological polar surface area (TPSA) is 90.8 Å². The van der Waals surface area contributed by atoms with Gasteiger partial charge in [-0.15, -0.1) is 24.0 Å². The van der Waals surface area contributed by atoms with Crippen LogP contribution in [0.15, 0.2) is 52.4 Å². The molecule has 0 bridgehead atoms. The Morgan fingerprint density at radius 1 is 1.21 bits per heavy atom. The van der Waals surface area contributed by atoms with Crippen molar-refractivity contribution in [1.29, 1.82) is 0 Å². The van der Waals surface area contributed by atoms with Crippen molar-refractivity contribution in [1.82, 2.24) is 10.6 Å². The molecule has 0 spiro atoms. The number of hydrogen-bond donors (Lipinski definition) is 3. The molecule has 0 aliphatic rings. The van der Waals surface area contributed by atoms with Crippen molar-refractivity contribution in [2.24, 2.45) is 4.99 Å². The number of aliphatic hydroxyl groups is 1. The van der Waals surface area contributed by atoms with Crippen LogP contribution in [0.4, 0.5) is 0 Å². The van der Waals surface area contributed by atoms with Gasteiger partial charge in [0.25, 0.3) is 0 Å². The number of sulfone groups is 1. The lowest BCUT2D eigenvalue weighted by Gasteiger charge is -2.16. The Kier molecular flexibility index (Phi) is 10.4. The quantitative estimate of drug-likeness (QED) is 0.279. The number of benzene rings is 2. The minimum Gasteiger partial charge on any atom is -0.387 e. The summed E-state index contributed by atoms with van der Waals surface area (Å²) < 4.78 is 23.5. The van der Waals surface area contributed by atoms with E-state index in [-0.39, 0.29) is 30.5 Å². The van der Waals surface area contributed by atoms with E-state index in [0.29, 0.717) is 40.1 Å². The van der Waals surface area contributed by atoms with Crippen LogP contribution in [-0.2, 0) is 16.4 Å². The first-order chi connectivity index (χ1) is 13.2. The van der Waals surface area contributed by atoms with Crippen LogP contribution in [0.1, 0.15) is 29.7 Å². The lowest BCUT2D eigenvalue weighted by molar-refractivity contribution is 0.181. The summed E-state index contributed by atoms with van der Waals surface area (Å²) in [5, 5.41) is 17.1.